The number of hydrogen-bond acceptors (Lipinski definition) is 5. The first kappa shape index (κ1) is 18.5. The lowest BCUT2D eigenvalue weighted by Crippen LogP contribution is -2.41. The Morgan fingerprint density at radius 1 is 1.26 bits per heavy atom. The topological polar surface area (TPSA) is 94.0 Å². The van der Waals surface area contributed by atoms with Crippen molar-refractivity contribution in [1.82, 2.24) is 10.7 Å². The van der Waals surface area contributed by atoms with Crippen molar-refractivity contribution in [1.29, 1.82) is 0 Å². The Hall–Kier alpha value is -2.57. The molecule has 2 amide bonds. The number of anilines is 1. The minimum Gasteiger partial charge on any atom is -0.507 e. The molecule has 0 aliphatic rings. The summed E-state index contributed by atoms with van der Waals surface area (Å²) in [5, 5.41) is 16.2. The van der Waals surface area contributed by atoms with Gasteiger partial charge in [-0.05, 0) is 39.8 Å². The minimum atomic E-state index is -0.853. The van der Waals surface area contributed by atoms with Crippen molar-refractivity contribution in [2.24, 2.45) is 5.10 Å². The number of rotatable bonds is 6. The Balaban J connectivity index is 2.70. The lowest BCUT2D eigenvalue weighted by molar-refractivity contribution is -0.139. The Morgan fingerprint density at radius 2 is 1.91 bits per heavy atom. The maximum Gasteiger partial charge on any atom is 0.329 e. The van der Waals surface area contributed by atoms with Crippen LogP contribution in [0.2, 0.25) is 0 Å². The highest BCUT2D eigenvalue weighted by Gasteiger charge is 2.13. The zero-order valence-corrected chi connectivity index (χ0v) is 14.0. The molecule has 0 spiro atoms. The van der Waals surface area contributed by atoms with Gasteiger partial charge in [-0.1, -0.05) is 0 Å². The third-order valence-corrected chi connectivity index (χ3v) is 3.14. The van der Waals surface area contributed by atoms with Crippen LogP contribution in [0.15, 0.2) is 23.3 Å². The van der Waals surface area contributed by atoms with Gasteiger partial charge in [-0.15, -0.1) is 0 Å². The second kappa shape index (κ2) is 8.77. The van der Waals surface area contributed by atoms with Crippen molar-refractivity contribution >= 4 is 23.7 Å². The van der Waals surface area contributed by atoms with E-state index in [9.17, 15) is 14.7 Å². The van der Waals surface area contributed by atoms with E-state index in [0.29, 0.717) is 5.56 Å². The number of phenolic OH excluding ortho intramolecular Hbond substituents is 1. The normalized spacial score (nSPS) is 10.8. The van der Waals surface area contributed by atoms with Crippen LogP contribution >= 0.6 is 0 Å². The summed E-state index contributed by atoms with van der Waals surface area (Å²) in [7, 11) is 0. The summed E-state index contributed by atoms with van der Waals surface area (Å²) in [6.07, 6.45) is 1.29. The molecular weight excluding hydrogens is 296 g/mol. The Bertz CT molecular complexity index is 581. The lowest BCUT2D eigenvalue weighted by Gasteiger charge is -2.21. The molecule has 3 N–H and O–H groups in total. The smallest absolute Gasteiger partial charge is 0.329 e. The molecule has 1 aromatic rings. The molecule has 0 bridgehead atoms. The number of benzene rings is 1. The van der Waals surface area contributed by atoms with Crippen molar-refractivity contribution in [3.05, 3.63) is 23.8 Å². The molecule has 0 atom stereocenters. The van der Waals surface area contributed by atoms with Gasteiger partial charge in [0.1, 0.15) is 5.75 Å². The summed E-state index contributed by atoms with van der Waals surface area (Å²) >= 11 is 0. The van der Waals surface area contributed by atoms with E-state index < -0.39 is 11.8 Å². The van der Waals surface area contributed by atoms with E-state index in [-0.39, 0.29) is 11.8 Å². The maximum absolute atomic E-state index is 11.5. The lowest BCUT2D eigenvalue weighted by atomic mass is 10.2. The SMILES string of the molecule is CCN(CC)c1ccc(/C=N/NC(=O)C(=O)NC(C)C)c(O)c1. The van der Waals surface area contributed by atoms with Crippen molar-refractivity contribution in [3.8, 4) is 5.75 Å². The van der Waals surface area contributed by atoms with Crippen LogP contribution < -0.4 is 15.6 Å². The number of amides is 2. The maximum atomic E-state index is 11.5. The van der Waals surface area contributed by atoms with Crippen LogP contribution in [0.25, 0.3) is 0 Å². The first-order valence-electron chi connectivity index (χ1n) is 7.60. The van der Waals surface area contributed by atoms with Gasteiger partial charge in [-0.25, -0.2) is 5.43 Å². The zero-order valence-electron chi connectivity index (χ0n) is 14.0. The first-order valence-corrected chi connectivity index (χ1v) is 7.60. The number of phenols is 1. The van der Waals surface area contributed by atoms with Crippen LogP contribution in [0.3, 0.4) is 0 Å². The summed E-state index contributed by atoms with van der Waals surface area (Å²) in [6.45, 7) is 9.25. The molecule has 0 aromatic heterocycles. The van der Waals surface area contributed by atoms with Crippen molar-refractivity contribution < 1.29 is 14.7 Å². The van der Waals surface area contributed by atoms with Crippen LogP contribution in [0.4, 0.5) is 5.69 Å². The molecule has 0 fully saturated rings. The van der Waals surface area contributed by atoms with Gasteiger partial charge >= 0.3 is 11.8 Å². The summed E-state index contributed by atoms with van der Waals surface area (Å²) < 4.78 is 0. The van der Waals surface area contributed by atoms with Crippen molar-refractivity contribution in [2.75, 3.05) is 18.0 Å². The van der Waals surface area contributed by atoms with Gasteiger partial charge < -0.3 is 15.3 Å². The van der Waals surface area contributed by atoms with E-state index in [2.05, 4.69) is 20.7 Å². The predicted molar refractivity (Wildman–Crippen MR) is 90.7 cm³/mol. The molecule has 0 radical (unpaired) electrons. The molecule has 0 aliphatic carbocycles. The van der Waals surface area contributed by atoms with E-state index >= 15 is 0 Å². The first-order chi connectivity index (χ1) is 10.9. The fourth-order valence-electron chi connectivity index (χ4n) is 1.97. The molecule has 7 heteroatoms. The third-order valence-electron chi connectivity index (χ3n) is 3.14. The number of carbonyl (C=O) groups excluding carboxylic acids is 2. The number of hydrogen-bond donors (Lipinski definition) is 3. The van der Waals surface area contributed by atoms with E-state index in [4.69, 9.17) is 0 Å². The molecule has 7 nitrogen and oxygen atoms in total. The summed E-state index contributed by atoms with van der Waals surface area (Å²) in [4.78, 5) is 25.0. The number of nitrogens with one attached hydrogen (secondary N) is 2. The van der Waals surface area contributed by atoms with E-state index in [1.807, 2.05) is 19.9 Å². The predicted octanol–water partition coefficient (Wildman–Crippen LogP) is 1.21. The van der Waals surface area contributed by atoms with Gasteiger partial charge in [0.05, 0.1) is 6.21 Å². The third kappa shape index (κ3) is 5.61. The molecule has 0 aliphatic heterocycles. The molecule has 1 rings (SSSR count). The minimum absolute atomic E-state index is 0.0547. The highest BCUT2D eigenvalue weighted by molar-refractivity contribution is 6.35. The molecule has 23 heavy (non-hydrogen) atoms. The van der Waals surface area contributed by atoms with E-state index in [1.165, 1.54) is 6.21 Å². The Morgan fingerprint density at radius 3 is 2.43 bits per heavy atom. The Kier molecular flexibility index (Phi) is 7.05. The standard InChI is InChI=1S/C16H24N4O3/c1-5-20(6-2)13-8-7-12(14(21)9-13)10-17-19-16(23)15(22)18-11(3)4/h7-11,21H,5-6H2,1-4H3,(H,18,22)(H,19,23)/b17-10+. The Labute approximate surface area is 136 Å². The summed E-state index contributed by atoms with van der Waals surface area (Å²) in [5.74, 6) is -1.55. The van der Waals surface area contributed by atoms with Gasteiger partial charge in [-0.3, -0.25) is 9.59 Å². The molecule has 126 valence electrons. The van der Waals surface area contributed by atoms with E-state index in [0.717, 1.165) is 18.8 Å². The summed E-state index contributed by atoms with van der Waals surface area (Å²) in [5.41, 5.74) is 3.48. The molecular formula is C16H24N4O3. The second-order valence-corrected chi connectivity index (χ2v) is 5.24. The molecule has 1 aromatic carbocycles. The number of hydrazone groups is 1. The average Bonchev–Trinajstić information content (AvgIpc) is 2.49. The fourth-order valence-corrected chi connectivity index (χ4v) is 1.97. The highest BCUT2D eigenvalue weighted by Crippen LogP contribution is 2.23. The largest absolute Gasteiger partial charge is 0.507 e. The van der Waals surface area contributed by atoms with Crippen LogP contribution in [0.1, 0.15) is 33.3 Å². The molecule has 0 saturated heterocycles. The zero-order chi connectivity index (χ0) is 17.4. The number of nitrogens with zero attached hydrogens (tertiary/aromatic N) is 2. The van der Waals surface area contributed by atoms with Crippen LogP contribution in [0, 0.1) is 0 Å². The summed E-state index contributed by atoms with van der Waals surface area (Å²) in [6, 6.07) is 5.07. The van der Waals surface area contributed by atoms with E-state index in [1.54, 1.807) is 26.0 Å². The van der Waals surface area contributed by atoms with Crippen molar-refractivity contribution in [2.45, 2.75) is 33.7 Å². The fraction of sp³-hybridized carbons (Fsp3) is 0.438. The number of aromatic hydroxyl groups is 1. The molecule has 0 heterocycles. The molecule has 0 saturated carbocycles. The van der Waals surface area contributed by atoms with Crippen molar-refractivity contribution in [3.63, 3.8) is 0 Å². The quantitative estimate of drug-likeness (QED) is 0.417. The highest BCUT2D eigenvalue weighted by atomic mass is 16.3. The molecule has 0 unspecified atom stereocenters. The van der Waals surface area contributed by atoms with Crippen LogP contribution in [0.5, 0.6) is 5.75 Å². The van der Waals surface area contributed by atoms with Gasteiger partial charge in [0.2, 0.25) is 0 Å². The average molecular weight is 320 g/mol. The van der Waals surface area contributed by atoms with Gasteiger partial charge in [0, 0.05) is 36.4 Å². The van der Waals surface area contributed by atoms with Gasteiger partial charge in [0.15, 0.2) is 0 Å². The monoisotopic (exact) mass is 320 g/mol. The van der Waals surface area contributed by atoms with Crippen LogP contribution in [-0.4, -0.2) is 42.3 Å². The van der Waals surface area contributed by atoms with Crippen LogP contribution in [-0.2, 0) is 9.59 Å². The van der Waals surface area contributed by atoms with Gasteiger partial charge in [0.25, 0.3) is 0 Å². The van der Waals surface area contributed by atoms with Gasteiger partial charge in [-0.2, -0.15) is 5.10 Å². The number of carbonyl (C=O) groups is 2. The second-order valence-electron chi connectivity index (χ2n) is 5.24.